The van der Waals surface area contributed by atoms with Gasteiger partial charge in [-0.2, -0.15) is 5.26 Å². The molecule has 1 N–H and O–H groups in total. The van der Waals surface area contributed by atoms with Gasteiger partial charge in [0.1, 0.15) is 11.7 Å². The van der Waals surface area contributed by atoms with Crippen LogP contribution in [0.5, 0.6) is 5.75 Å². The summed E-state index contributed by atoms with van der Waals surface area (Å²) >= 11 is 1.37. The van der Waals surface area contributed by atoms with Crippen molar-refractivity contribution in [1.29, 1.82) is 5.26 Å². The van der Waals surface area contributed by atoms with Gasteiger partial charge in [0.2, 0.25) is 5.91 Å². The maximum atomic E-state index is 13.0. The maximum absolute atomic E-state index is 13.0. The van der Waals surface area contributed by atoms with Gasteiger partial charge in [-0.05, 0) is 34.0 Å². The van der Waals surface area contributed by atoms with Crippen LogP contribution in [0.15, 0.2) is 77.3 Å². The standard InChI is InChI=1S/C26H22N2O4S/c1-31-20-11-9-18(10-12-20)22-21(14-27)25(28-24(29)23(22)26(30)32-2)33-15-16-7-8-17-5-3-4-6-19(17)13-16/h3-13,22-23H,15H2,1-2H3,(H,28,29). The third-order valence-electron chi connectivity index (χ3n) is 5.66. The van der Waals surface area contributed by atoms with E-state index in [9.17, 15) is 14.9 Å². The number of carbonyl (C=O) groups is 2. The highest BCUT2D eigenvalue weighted by Crippen LogP contribution is 2.41. The summed E-state index contributed by atoms with van der Waals surface area (Å²) in [5.74, 6) is -1.86. The van der Waals surface area contributed by atoms with E-state index in [0.29, 0.717) is 27.7 Å². The van der Waals surface area contributed by atoms with Gasteiger partial charge in [0.15, 0.2) is 0 Å². The normalized spacial score (nSPS) is 17.9. The summed E-state index contributed by atoms with van der Waals surface area (Å²) in [6.45, 7) is 0. The van der Waals surface area contributed by atoms with E-state index in [4.69, 9.17) is 9.47 Å². The van der Waals surface area contributed by atoms with E-state index in [2.05, 4.69) is 29.6 Å². The minimum Gasteiger partial charge on any atom is -0.497 e. The lowest BCUT2D eigenvalue weighted by Crippen LogP contribution is -2.44. The zero-order chi connectivity index (χ0) is 23.4. The van der Waals surface area contributed by atoms with Crippen molar-refractivity contribution in [3.05, 3.63) is 88.5 Å². The Hall–Kier alpha value is -3.76. The predicted molar refractivity (Wildman–Crippen MR) is 127 cm³/mol. The number of allylic oxidation sites excluding steroid dienone is 1. The fourth-order valence-corrected chi connectivity index (χ4v) is 4.97. The molecule has 1 amide bonds. The molecule has 6 nitrogen and oxygen atoms in total. The molecule has 0 spiro atoms. The first kappa shape index (κ1) is 22.4. The van der Waals surface area contributed by atoms with Gasteiger partial charge in [-0.1, -0.05) is 54.6 Å². The Balaban J connectivity index is 1.69. The molecule has 0 saturated carbocycles. The summed E-state index contributed by atoms with van der Waals surface area (Å²) in [4.78, 5) is 25.5. The number of methoxy groups -OCH3 is 2. The van der Waals surface area contributed by atoms with Crippen LogP contribution in [0.4, 0.5) is 0 Å². The van der Waals surface area contributed by atoms with Gasteiger partial charge in [0.25, 0.3) is 0 Å². The Bertz CT molecular complexity index is 1280. The summed E-state index contributed by atoms with van der Waals surface area (Å²) in [7, 11) is 2.79. The van der Waals surface area contributed by atoms with E-state index in [1.54, 1.807) is 31.4 Å². The first-order valence-electron chi connectivity index (χ1n) is 10.3. The Kier molecular flexibility index (Phi) is 6.66. The number of nitrogens with one attached hydrogen (secondary N) is 1. The Morgan fingerprint density at radius 3 is 2.45 bits per heavy atom. The number of amides is 1. The molecule has 7 heteroatoms. The Labute approximate surface area is 196 Å². The monoisotopic (exact) mass is 458 g/mol. The molecule has 4 rings (SSSR count). The molecule has 2 atom stereocenters. The number of hydrogen-bond acceptors (Lipinski definition) is 6. The van der Waals surface area contributed by atoms with Crippen LogP contribution in [0.2, 0.25) is 0 Å². The SMILES string of the molecule is COC(=O)C1C(=O)NC(SCc2ccc3ccccc3c2)=C(C#N)C1c1ccc(OC)cc1. The average Bonchev–Trinajstić information content (AvgIpc) is 2.86. The highest BCUT2D eigenvalue weighted by atomic mass is 32.2. The van der Waals surface area contributed by atoms with Gasteiger partial charge in [0, 0.05) is 11.7 Å². The second-order valence-electron chi connectivity index (χ2n) is 7.57. The molecule has 166 valence electrons. The summed E-state index contributed by atoms with van der Waals surface area (Å²) in [6.07, 6.45) is 0. The number of esters is 1. The number of benzene rings is 3. The highest BCUT2D eigenvalue weighted by molar-refractivity contribution is 8.02. The van der Waals surface area contributed by atoms with Crippen molar-refractivity contribution in [2.75, 3.05) is 14.2 Å². The summed E-state index contributed by atoms with van der Waals surface area (Å²) in [6, 6.07) is 23.5. The van der Waals surface area contributed by atoms with Gasteiger partial charge >= 0.3 is 5.97 Å². The highest BCUT2D eigenvalue weighted by Gasteiger charge is 2.44. The fourth-order valence-electron chi connectivity index (χ4n) is 3.97. The zero-order valence-electron chi connectivity index (χ0n) is 18.2. The molecule has 0 fully saturated rings. The molecule has 2 unspecified atom stereocenters. The number of rotatable bonds is 6. The number of ether oxygens (including phenoxy) is 2. The van der Waals surface area contributed by atoms with Gasteiger partial charge < -0.3 is 14.8 Å². The number of fused-ring (bicyclic) bond motifs is 1. The quantitative estimate of drug-likeness (QED) is 0.432. The summed E-state index contributed by atoms with van der Waals surface area (Å²) in [5, 5.41) is 15.5. The van der Waals surface area contributed by atoms with Crippen LogP contribution in [-0.4, -0.2) is 26.1 Å². The van der Waals surface area contributed by atoms with E-state index in [0.717, 1.165) is 16.3 Å². The molecule has 1 aliphatic rings. The molecule has 33 heavy (non-hydrogen) atoms. The summed E-state index contributed by atoms with van der Waals surface area (Å²) in [5.41, 5.74) is 2.07. The molecule has 0 saturated heterocycles. The van der Waals surface area contributed by atoms with Crippen LogP contribution in [0, 0.1) is 17.2 Å². The molecule has 3 aromatic carbocycles. The van der Waals surface area contributed by atoms with E-state index in [1.165, 1.54) is 18.9 Å². The lowest BCUT2D eigenvalue weighted by Gasteiger charge is -2.31. The smallest absolute Gasteiger partial charge is 0.319 e. The van der Waals surface area contributed by atoms with Gasteiger partial charge in [-0.3, -0.25) is 9.59 Å². The van der Waals surface area contributed by atoms with E-state index in [-0.39, 0.29) is 0 Å². The predicted octanol–water partition coefficient (Wildman–Crippen LogP) is 4.52. The van der Waals surface area contributed by atoms with Crippen molar-refractivity contribution in [3.63, 3.8) is 0 Å². The van der Waals surface area contributed by atoms with E-state index >= 15 is 0 Å². The van der Waals surface area contributed by atoms with Crippen LogP contribution in [0.1, 0.15) is 17.0 Å². The van der Waals surface area contributed by atoms with Crippen molar-refractivity contribution in [3.8, 4) is 11.8 Å². The number of carbonyl (C=O) groups excluding carboxylic acids is 2. The lowest BCUT2D eigenvalue weighted by atomic mass is 9.78. The molecule has 0 aromatic heterocycles. The van der Waals surface area contributed by atoms with Crippen LogP contribution in [0.3, 0.4) is 0 Å². The van der Waals surface area contributed by atoms with Gasteiger partial charge in [-0.25, -0.2) is 0 Å². The maximum Gasteiger partial charge on any atom is 0.319 e. The topological polar surface area (TPSA) is 88.4 Å². The fraction of sp³-hybridized carbons (Fsp3) is 0.192. The third-order valence-corrected chi connectivity index (χ3v) is 6.74. The van der Waals surface area contributed by atoms with Crippen LogP contribution in [0.25, 0.3) is 10.8 Å². The Morgan fingerprint density at radius 2 is 1.79 bits per heavy atom. The molecule has 1 heterocycles. The number of nitriles is 1. The Morgan fingerprint density at radius 1 is 1.06 bits per heavy atom. The minimum absolute atomic E-state index is 0.334. The second-order valence-corrected chi connectivity index (χ2v) is 8.55. The second kappa shape index (κ2) is 9.80. The number of hydrogen-bond donors (Lipinski definition) is 1. The van der Waals surface area contributed by atoms with Crippen molar-refractivity contribution in [1.82, 2.24) is 5.32 Å². The molecular weight excluding hydrogens is 436 g/mol. The first-order valence-corrected chi connectivity index (χ1v) is 11.3. The van der Waals surface area contributed by atoms with Crippen molar-refractivity contribution in [2.24, 2.45) is 5.92 Å². The van der Waals surface area contributed by atoms with Gasteiger partial charge in [-0.15, -0.1) is 11.8 Å². The van der Waals surface area contributed by atoms with Crippen LogP contribution >= 0.6 is 11.8 Å². The van der Waals surface area contributed by atoms with Gasteiger partial charge in [0.05, 0.1) is 30.9 Å². The van der Waals surface area contributed by atoms with Crippen LogP contribution in [-0.2, 0) is 20.1 Å². The van der Waals surface area contributed by atoms with Crippen LogP contribution < -0.4 is 10.1 Å². The lowest BCUT2D eigenvalue weighted by molar-refractivity contribution is -0.150. The van der Waals surface area contributed by atoms with E-state index in [1.807, 2.05) is 24.3 Å². The molecule has 3 aromatic rings. The summed E-state index contributed by atoms with van der Waals surface area (Å²) < 4.78 is 10.1. The van der Waals surface area contributed by atoms with Crippen molar-refractivity contribution >= 4 is 34.4 Å². The van der Waals surface area contributed by atoms with Crippen molar-refractivity contribution in [2.45, 2.75) is 11.7 Å². The molecular formula is C26H22N2O4S. The molecule has 0 bridgehead atoms. The zero-order valence-corrected chi connectivity index (χ0v) is 19.0. The van der Waals surface area contributed by atoms with E-state index < -0.39 is 23.7 Å². The minimum atomic E-state index is -1.15. The molecule has 0 aliphatic carbocycles. The average molecular weight is 459 g/mol. The third kappa shape index (κ3) is 4.57. The number of thioether (sulfide) groups is 1. The molecule has 0 radical (unpaired) electrons. The molecule has 1 aliphatic heterocycles. The first-order chi connectivity index (χ1) is 16.0. The van der Waals surface area contributed by atoms with Crippen molar-refractivity contribution < 1.29 is 19.1 Å². The number of nitrogens with zero attached hydrogens (tertiary/aromatic N) is 1. The largest absolute Gasteiger partial charge is 0.497 e.